The third-order valence-corrected chi connectivity index (χ3v) is 3.89. The van der Waals surface area contributed by atoms with Crippen LogP contribution in [-0.4, -0.2) is 35.2 Å². The molecule has 1 saturated heterocycles. The molecule has 1 fully saturated rings. The molecule has 1 atom stereocenters. The zero-order chi connectivity index (χ0) is 14.7. The summed E-state index contributed by atoms with van der Waals surface area (Å²) in [6, 6.07) is 3.38. The molecule has 1 aliphatic rings. The fourth-order valence-electron chi connectivity index (χ4n) is 1.94. The van der Waals surface area contributed by atoms with Crippen LogP contribution in [0.1, 0.15) is 22.5 Å². The number of carbonyl (C=O) groups is 1. The lowest BCUT2D eigenvalue weighted by Gasteiger charge is -2.10. The number of rotatable bonds is 4. The van der Waals surface area contributed by atoms with Crippen molar-refractivity contribution in [2.24, 2.45) is 0 Å². The van der Waals surface area contributed by atoms with Crippen LogP contribution in [0, 0.1) is 6.92 Å². The molecule has 0 spiro atoms. The quantitative estimate of drug-likeness (QED) is 0.938. The lowest BCUT2D eigenvalue weighted by atomic mass is 10.2. The molecule has 3 rings (SSSR count). The number of aromatic nitrogens is 2. The Kier molecular flexibility index (Phi) is 4.12. The molecule has 1 unspecified atom stereocenters. The summed E-state index contributed by atoms with van der Waals surface area (Å²) >= 11 is 1.39. The summed E-state index contributed by atoms with van der Waals surface area (Å²) in [5.41, 5.74) is 1.36. The number of hydrogen-bond donors (Lipinski definition) is 1. The molecule has 0 radical (unpaired) electrons. The van der Waals surface area contributed by atoms with E-state index in [0.29, 0.717) is 23.2 Å². The highest BCUT2D eigenvalue weighted by Gasteiger charge is 2.18. The van der Waals surface area contributed by atoms with Crippen LogP contribution in [0.3, 0.4) is 0 Å². The summed E-state index contributed by atoms with van der Waals surface area (Å²) < 4.78 is 10.9. The van der Waals surface area contributed by atoms with E-state index in [4.69, 9.17) is 9.47 Å². The van der Waals surface area contributed by atoms with Gasteiger partial charge in [-0.3, -0.25) is 10.1 Å². The second-order valence-electron chi connectivity index (χ2n) is 4.74. The maximum Gasteiger partial charge on any atom is 0.259 e. The summed E-state index contributed by atoms with van der Waals surface area (Å²) in [4.78, 5) is 20.4. The van der Waals surface area contributed by atoms with Crippen molar-refractivity contribution in [2.75, 3.05) is 18.5 Å². The van der Waals surface area contributed by atoms with Crippen LogP contribution in [0.2, 0.25) is 0 Å². The summed E-state index contributed by atoms with van der Waals surface area (Å²) in [6.45, 7) is 3.19. The lowest BCUT2D eigenvalue weighted by Crippen LogP contribution is -2.17. The number of carbonyl (C=O) groups excluding carboxylic acids is 1. The van der Waals surface area contributed by atoms with Crippen molar-refractivity contribution >= 4 is 22.4 Å². The summed E-state index contributed by atoms with van der Waals surface area (Å²) in [7, 11) is 0. The maximum absolute atomic E-state index is 12.0. The first kappa shape index (κ1) is 14.0. The van der Waals surface area contributed by atoms with Gasteiger partial charge in [-0.25, -0.2) is 9.97 Å². The second kappa shape index (κ2) is 6.19. The molecule has 1 amide bonds. The largest absolute Gasteiger partial charge is 0.472 e. The predicted molar refractivity (Wildman–Crippen MR) is 78.9 cm³/mol. The van der Waals surface area contributed by atoms with Gasteiger partial charge in [0, 0.05) is 24.1 Å². The molecule has 0 bridgehead atoms. The zero-order valence-electron chi connectivity index (χ0n) is 11.5. The highest BCUT2D eigenvalue weighted by molar-refractivity contribution is 7.13. The van der Waals surface area contributed by atoms with Gasteiger partial charge in [-0.2, -0.15) is 0 Å². The number of thiazole rings is 1. The molecule has 6 nitrogen and oxygen atoms in total. The zero-order valence-corrected chi connectivity index (χ0v) is 12.4. The van der Waals surface area contributed by atoms with Crippen molar-refractivity contribution in [1.29, 1.82) is 0 Å². The number of amides is 1. The van der Waals surface area contributed by atoms with Crippen molar-refractivity contribution in [2.45, 2.75) is 19.4 Å². The van der Waals surface area contributed by atoms with E-state index in [9.17, 15) is 4.79 Å². The van der Waals surface area contributed by atoms with Gasteiger partial charge in [0.1, 0.15) is 6.10 Å². The van der Waals surface area contributed by atoms with E-state index in [0.717, 1.165) is 18.7 Å². The van der Waals surface area contributed by atoms with E-state index >= 15 is 0 Å². The minimum absolute atomic E-state index is 0.0514. The smallest absolute Gasteiger partial charge is 0.259 e. The summed E-state index contributed by atoms with van der Waals surface area (Å²) in [5, 5.41) is 5.21. The number of anilines is 1. The monoisotopic (exact) mass is 305 g/mol. The van der Waals surface area contributed by atoms with Crippen molar-refractivity contribution in [3.63, 3.8) is 0 Å². The molecule has 2 aromatic heterocycles. The van der Waals surface area contributed by atoms with Gasteiger partial charge in [0.05, 0.1) is 24.5 Å². The van der Waals surface area contributed by atoms with Crippen LogP contribution in [0.15, 0.2) is 23.7 Å². The Morgan fingerprint density at radius 3 is 3.05 bits per heavy atom. The van der Waals surface area contributed by atoms with Crippen molar-refractivity contribution in [3.05, 3.63) is 35.0 Å². The standard InChI is InChI=1S/C14H15N3O3S/c1-9-8-21-14(16-9)17-13(18)10-2-3-12(15-6-10)20-11-4-5-19-7-11/h2-3,6,8,11H,4-5,7H2,1H3,(H,16,17,18). The highest BCUT2D eigenvalue weighted by Crippen LogP contribution is 2.17. The molecule has 0 aromatic carbocycles. The van der Waals surface area contributed by atoms with E-state index in [2.05, 4.69) is 15.3 Å². The van der Waals surface area contributed by atoms with E-state index in [1.165, 1.54) is 17.5 Å². The third kappa shape index (κ3) is 3.56. The Hall–Kier alpha value is -1.99. The van der Waals surface area contributed by atoms with Crippen LogP contribution in [-0.2, 0) is 4.74 Å². The average Bonchev–Trinajstić information content (AvgIpc) is 3.12. The molecular weight excluding hydrogens is 290 g/mol. The molecule has 0 aliphatic carbocycles. The van der Waals surface area contributed by atoms with Crippen LogP contribution >= 0.6 is 11.3 Å². The van der Waals surface area contributed by atoms with E-state index in [-0.39, 0.29) is 12.0 Å². The predicted octanol–water partition coefficient (Wildman–Crippen LogP) is 2.27. The van der Waals surface area contributed by atoms with Gasteiger partial charge in [-0.15, -0.1) is 11.3 Å². The van der Waals surface area contributed by atoms with Gasteiger partial charge < -0.3 is 9.47 Å². The van der Waals surface area contributed by atoms with Gasteiger partial charge in [-0.05, 0) is 13.0 Å². The van der Waals surface area contributed by atoms with Crippen molar-refractivity contribution < 1.29 is 14.3 Å². The molecule has 0 saturated carbocycles. The minimum atomic E-state index is -0.229. The van der Waals surface area contributed by atoms with Crippen LogP contribution in [0.25, 0.3) is 0 Å². The first-order valence-corrected chi connectivity index (χ1v) is 7.52. The first-order chi connectivity index (χ1) is 10.2. The number of aryl methyl sites for hydroxylation is 1. The SMILES string of the molecule is Cc1csc(NC(=O)c2ccc(OC3CCOC3)nc2)n1. The van der Waals surface area contributed by atoms with Crippen LogP contribution < -0.4 is 10.1 Å². The Morgan fingerprint density at radius 1 is 1.52 bits per heavy atom. The number of ether oxygens (including phenoxy) is 2. The number of nitrogens with zero attached hydrogens (tertiary/aromatic N) is 2. The summed E-state index contributed by atoms with van der Waals surface area (Å²) in [6.07, 6.45) is 2.42. The molecule has 21 heavy (non-hydrogen) atoms. The third-order valence-electron chi connectivity index (χ3n) is 3.01. The fraction of sp³-hybridized carbons (Fsp3) is 0.357. The van der Waals surface area contributed by atoms with Crippen LogP contribution in [0.5, 0.6) is 5.88 Å². The molecule has 3 heterocycles. The van der Waals surface area contributed by atoms with Gasteiger partial charge >= 0.3 is 0 Å². The lowest BCUT2D eigenvalue weighted by molar-refractivity contribution is 0.102. The van der Waals surface area contributed by atoms with Crippen LogP contribution in [0.4, 0.5) is 5.13 Å². The van der Waals surface area contributed by atoms with Gasteiger partial charge in [-0.1, -0.05) is 0 Å². The molecular formula is C14H15N3O3S. The second-order valence-corrected chi connectivity index (χ2v) is 5.59. The van der Waals surface area contributed by atoms with Crippen molar-refractivity contribution in [3.8, 4) is 5.88 Å². The van der Waals surface area contributed by atoms with Gasteiger partial charge in [0.15, 0.2) is 5.13 Å². The average molecular weight is 305 g/mol. The van der Waals surface area contributed by atoms with Crippen molar-refractivity contribution in [1.82, 2.24) is 9.97 Å². The fourth-order valence-corrected chi connectivity index (χ4v) is 2.62. The Balaban J connectivity index is 1.61. The number of pyridine rings is 1. The van der Waals surface area contributed by atoms with E-state index in [1.807, 2.05) is 12.3 Å². The topological polar surface area (TPSA) is 73.3 Å². The molecule has 7 heteroatoms. The summed E-state index contributed by atoms with van der Waals surface area (Å²) in [5.74, 6) is 0.278. The Labute approximate surface area is 126 Å². The number of nitrogens with one attached hydrogen (secondary N) is 1. The highest BCUT2D eigenvalue weighted by atomic mass is 32.1. The van der Waals surface area contributed by atoms with Gasteiger partial charge in [0.25, 0.3) is 5.91 Å². The van der Waals surface area contributed by atoms with Gasteiger partial charge in [0.2, 0.25) is 5.88 Å². The molecule has 1 aliphatic heterocycles. The molecule has 110 valence electrons. The molecule has 1 N–H and O–H groups in total. The Bertz CT molecular complexity index is 621. The first-order valence-electron chi connectivity index (χ1n) is 6.64. The minimum Gasteiger partial charge on any atom is -0.472 e. The molecule has 2 aromatic rings. The number of hydrogen-bond acceptors (Lipinski definition) is 6. The Morgan fingerprint density at radius 2 is 2.43 bits per heavy atom. The van der Waals surface area contributed by atoms with E-state index < -0.39 is 0 Å². The van der Waals surface area contributed by atoms with E-state index in [1.54, 1.807) is 12.1 Å². The maximum atomic E-state index is 12.0. The normalized spacial score (nSPS) is 17.7.